The molecule has 0 bridgehead atoms. The highest BCUT2D eigenvalue weighted by Gasteiger charge is 2.41. The Kier molecular flexibility index (Phi) is 4.23. The monoisotopic (exact) mass is 265 g/mol. The van der Waals surface area contributed by atoms with Crippen LogP contribution in [0.4, 0.5) is 17.6 Å². The summed E-state index contributed by atoms with van der Waals surface area (Å²) in [5.41, 5.74) is 0. The molecule has 0 saturated carbocycles. The third-order valence-corrected chi connectivity index (χ3v) is 3.34. The summed E-state index contributed by atoms with van der Waals surface area (Å²) in [6.45, 7) is 0. The Balaban J connectivity index is 2.83. The number of nitriles is 1. The maximum absolute atomic E-state index is 12.8. The highest BCUT2D eigenvalue weighted by atomic mass is 32.2. The molecule has 0 amide bonds. The molecule has 7 heteroatoms. The molecule has 0 aliphatic heterocycles. The second-order valence-corrected chi connectivity index (χ2v) is 4.69. The van der Waals surface area contributed by atoms with Crippen LogP contribution in [0.5, 0.6) is 0 Å². The van der Waals surface area contributed by atoms with Gasteiger partial charge in [0.15, 0.2) is 5.92 Å². The van der Waals surface area contributed by atoms with Crippen molar-refractivity contribution in [2.75, 3.05) is 5.75 Å². The van der Waals surface area contributed by atoms with Crippen molar-refractivity contribution in [1.82, 2.24) is 0 Å². The second kappa shape index (κ2) is 5.27. The molecule has 0 saturated heterocycles. The predicted molar refractivity (Wildman–Crippen MR) is 52.8 cm³/mol. The lowest BCUT2D eigenvalue weighted by Gasteiger charge is -2.12. The minimum atomic E-state index is -4.72. The highest BCUT2D eigenvalue weighted by molar-refractivity contribution is 7.85. The Morgan fingerprint density at radius 2 is 2.06 bits per heavy atom. The Hall–Kier alpha value is -1.42. The fourth-order valence-electron chi connectivity index (χ4n) is 1.06. The number of nitrogens with zero attached hydrogens (tertiary/aromatic N) is 1. The summed E-state index contributed by atoms with van der Waals surface area (Å²) < 4.78 is 61.0. The van der Waals surface area contributed by atoms with E-state index >= 15 is 0 Å². The third-order valence-electron chi connectivity index (χ3n) is 1.93. The molecule has 2 nitrogen and oxygen atoms in total. The molecule has 92 valence electrons. The largest absolute Gasteiger partial charge is 0.405 e. The summed E-state index contributed by atoms with van der Waals surface area (Å²) in [4.78, 5) is -0.0606. The molecular formula is C10H7F4NOS. The molecule has 0 aliphatic carbocycles. The number of alkyl halides is 3. The molecule has 2 unspecified atom stereocenters. The van der Waals surface area contributed by atoms with E-state index in [0.29, 0.717) is 0 Å². The zero-order valence-electron chi connectivity index (χ0n) is 8.37. The van der Waals surface area contributed by atoms with Crippen molar-refractivity contribution < 1.29 is 21.8 Å². The van der Waals surface area contributed by atoms with Crippen LogP contribution in [0.2, 0.25) is 0 Å². The zero-order chi connectivity index (χ0) is 13.1. The van der Waals surface area contributed by atoms with Crippen LogP contribution in [-0.2, 0) is 10.8 Å². The van der Waals surface area contributed by atoms with Gasteiger partial charge in [0.25, 0.3) is 0 Å². The maximum atomic E-state index is 12.8. The van der Waals surface area contributed by atoms with Crippen LogP contribution < -0.4 is 0 Å². The van der Waals surface area contributed by atoms with E-state index in [9.17, 15) is 21.8 Å². The van der Waals surface area contributed by atoms with E-state index < -0.39 is 34.5 Å². The van der Waals surface area contributed by atoms with E-state index in [-0.39, 0.29) is 4.90 Å². The first-order valence-electron chi connectivity index (χ1n) is 4.45. The van der Waals surface area contributed by atoms with Gasteiger partial charge in [0.1, 0.15) is 5.82 Å². The number of hydrogen-bond donors (Lipinski definition) is 0. The zero-order valence-corrected chi connectivity index (χ0v) is 9.19. The molecular weight excluding hydrogens is 258 g/mol. The Morgan fingerprint density at radius 1 is 1.41 bits per heavy atom. The van der Waals surface area contributed by atoms with E-state index in [2.05, 4.69) is 0 Å². The molecule has 0 fully saturated rings. The van der Waals surface area contributed by atoms with Gasteiger partial charge in [-0.25, -0.2) is 4.39 Å². The fourth-order valence-corrected chi connectivity index (χ4v) is 2.29. The molecule has 0 spiro atoms. The quantitative estimate of drug-likeness (QED) is 0.788. The Bertz CT molecular complexity index is 466. The van der Waals surface area contributed by atoms with Gasteiger partial charge in [-0.2, -0.15) is 18.4 Å². The van der Waals surface area contributed by atoms with Crippen LogP contribution >= 0.6 is 0 Å². The van der Waals surface area contributed by atoms with Crippen molar-refractivity contribution in [2.45, 2.75) is 11.1 Å². The van der Waals surface area contributed by atoms with Crippen LogP contribution in [0, 0.1) is 23.1 Å². The Labute approximate surface area is 97.3 Å². The molecule has 2 atom stereocenters. The van der Waals surface area contributed by atoms with Crippen molar-refractivity contribution in [3.8, 4) is 6.07 Å². The molecule has 1 aromatic carbocycles. The number of rotatable bonds is 3. The number of halogens is 4. The van der Waals surface area contributed by atoms with Crippen molar-refractivity contribution in [2.24, 2.45) is 5.92 Å². The summed E-state index contributed by atoms with van der Waals surface area (Å²) >= 11 is 0. The lowest BCUT2D eigenvalue weighted by molar-refractivity contribution is -0.153. The van der Waals surface area contributed by atoms with Gasteiger partial charge in [-0.1, -0.05) is 6.07 Å². The summed E-state index contributed by atoms with van der Waals surface area (Å²) in [6.07, 6.45) is -4.72. The van der Waals surface area contributed by atoms with Gasteiger partial charge in [0.05, 0.1) is 22.6 Å². The SMILES string of the molecule is N#CC(CS(=O)c1cccc(F)c1)C(F)(F)F. The van der Waals surface area contributed by atoms with Gasteiger partial charge in [-0.05, 0) is 18.2 Å². The Morgan fingerprint density at radius 3 is 2.53 bits per heavy atom. The second-order valence-electron chi connectivity index (χ2n) is 3.19. The molecule has 1 aromatic rings. The van der Waals surface area contributed by atoms with Crippen LogP contribution in [-0.4, -0.2) is 16.1 Å². The van der Waals surface area contributed by atoms with Gasteiger partial charge in [-0.3, -0.25) is 4.21 Å². The lowest BCUT2D eigenvalue weighted by Crippen LogP contribution is -2.26. The minimum absolute atomic E-state index is 0.0606. The van der Waals surface area contributed by atoms with Gasteiger partial charge in [-0.15, -0.1) is 0 Å². The maximum Gasteiger partial charge on any atom is 0.405 e. The van der Waals surface area contributed by atoms with Gasteiger partial charge in [0.2, 0.25) is 0 Å². The summed E-state index contributed by atoms with van der Waals surface area (Å²) in [5.74, 6) is -3.88. The summed E-state index contributed by atoms with van der Waals surface area (Å²) in [6, 6.07) is 5.53. The minimum Gasteiger partial charge on any atom is -0.254 e. The van der Waals surface area contributed by atoms with Crippen molar-refractivity contribution >= 4 is 10.8 Å². The summed E-state index contributed by atoms with van der Waals surface area (Å²) in [5, 5.41) is 8.33. The fraction of sp³-hybridized carbons (Fsp3) is 0.300. The predicted octanol–water partition coefficient (Wildman–Crippen LogP) is 2.64. The van der Waals surface area contributed by atoms with E-state index in [1.165, 1.54) is 12.1 Å². The molecule has 0 aromatic heterocycles. The van der Waals surface area contributed by atoms with E-state index in [4.69, 9.17) is 5.26 Å². The van der Waals surface area contributed by atoms with Crippen molar-refractivity contribution in [3.05, 3.63) is 30.1 Å². The van der Waals surface area contributed by atoms with Gasteiger partial charge in [0, 0.05) is 4.90 Å². The molecule has 0 radical (unpaired) electrons. The lowest BCUT2D eigenvalue weighted by atomic mass is 10.2. The molecule has 0 N–H and O–H groups in total. The molecule has 17 heavy (non-hydrogen) atoms. The summed E-state index contributed by atoms with van der Waals surface area (Å²) in [7, 11) is -2.05. The number of benzene rings is 1. The van der Waals surface area contributed by atoms with Crippen LogP contribution in [0.15, 0.2) is 29.2 Å². The van der Waals surface area contributed by atoms with E-state index in [1.807, 2.05) is 0 Å². The normalized spacial score (nSPS) is 15.0. The number of hydrogen-bond acceptors (Lipinski definition) is 2. The highest BCUT2D eigenvalue weighted by Crippen LogP contribution is 2.27. The van der Waals surface area contributed by atoms with Crippen molar-refractivity contribution in [3.63, 3.8) is 0 Å². The van der Waals surface area contributed by atoms with E-state index in [0.717, 1.165) is 18.2 Å². The smallest absolute Gasteiger partial charge is 0.254 e. The van der Waals surface area contributed by atoms with Crippen LogP contribution in [0.1, 0.15) is 0 Å². The van der Waals surface area contributed by atoms with Gasteiger partial charge < -0.3 is 0 Å². The average Bonchev–Trinajstić information content (AvgIpc) is 2.23. The first-order valence-corrected chi connectivity index (χ1v) is 5.76. The standard InChI is InChI=1S/C10H7F4NOS/c11-8-2-1-3-9(4-8)17(16)6-7(5-15)10(12,13)14/h1-4,7H,6H2. The van der Waals surface area contributed by atoms with Crippen LogP contribution in [0.3, 0.4) is 0 Å². The molecule has 0 aliphatic rings. The first kappa shape index (κ1) is 13.6. The van der Waals surface area contributed by atoms with Gasteiger partial charge >= 0.3 is 6.18 Å². The first-order chi connectivity index (χ1) is 7.84. The van der Waals surface area contributed by atoms with Crippen molar-refractivity contribution in [1.29, 1.82) is 5.26 Å². The van der Waals surface area contributed by atoms with Crippen LogP contribution in [0.25, 0.3) is 0 Å². The van der Waals surface area contributed by atoms with E-state index in [1.54, 1.807) is 0 Å². The molecule has 1 rings (SSSR count). The average molecular weight is 265 g/mol. The molecule has 0 heterocycles. The third kappa shape index (κ3) is 3.82. The topological polar surface area (TPSA) is 40.9 Å².